The van der Waals surface area contributed by atoms with Gasteiger partial charge in [0.25, 0.3) is 0 Å². The first-order valence-electron chi connectivity index (χ1n) is 12.4. The van der Waals surface area contributed by atoms with Crippen LogP contribution in [0.4, 0.5) is 5.69 Å². The van der Waals surface area contributed by atoms with Gasteiger partial charge in [-0.2, -0.15) is 0 Å². The highest BCUT2D eigenvalue weighted by Crippen LogP contribution is 2.45. The van der Waals surface area contributed by atoms with Crippen LogP contribution in [-0.2, 0) is 4.79 Å². The Balaban J connectivity index is 2.06. The zero-order chi connectivity index (χ0) is 24.8. The van der Waals surface area contributed by atoms with Gasteiger partial charge in [0, 0.05) is 45.6 Å². The van der Waals surface area contributed by atoms with Crippen molar-refractivity contribution in [1.82, 2.24) is 5.32 Å². The number of rotatable bonds is 9. The van der Waals surface area contributed by atoms with E-state index in [-0.39, 0.29) is 11.9 Å². The number of anilines is 1. The molecule has 0 atom stereocenters. The average molecular weight is 465 g/mol. The van der Waals surface area contributed by atoms with Crippen LogP contribution in [-0.4, -0.2) is 32.2 Å². The van der Waals surface area contributed by atoms with E-state index in [9.17, 15) is 4.79 Å². The van der Waals surface area contributed by atoms with Crippen LogP contribution >= 0.6 is 0 Å². The van der Waals surface area contributed by atoms with Gasteiger partial charge in [-0.1, -0.05) is 31.9 Å². The molecule has 34 heavy (non-hydrogen) atoms. The van der Waals surface area contributed by atoms with Crippen molar-refractivity contribution < 1.29 is 14.3 Å². The predicted molar refractivity (Wildman–Crippen MR) is 142 cm³/mol. The third kappa shape index (κ3) is 5.57. The lowest BCUT2D eigenvalue weighted by atomic mass is 9.90. The maximum absolute atomic E-state index is 13.0. The van der Waals surface area contributed by atoms with Crippen molar-refractivity contribution in [2.24, 2.45) is 0 Å². The molecule has 5 nitrogen and oxygen atoms in total. The third-order valence-corrected chi connectivity index (χ3v) is 6.65. The van der Waals surface area contributed by atoms with E-state index >= 15 is 0 Å². The molecule has 0 aliphatic heterocycles. The fourth-order valence-corrected chi connectivity index (χ4v) is 4.92. The molecule has 2 N–H and O–H groups in total. The Labute approximate surface area is 204 Å². The van der Waals surface area contributed by atoms with Crippen molar-refractivity contribution >= 4 is 17.7 Å². The highest BCUT2D eigenvalue weighted by molar-refractivity contribution is 5.99. The lowest BCUT2D eigenvalue weighted by Crippen LogP contribution is -2.33. The molecule has 0 radical (unpaired) electrons. The summed E-state index contributed by atoms with van der Waals surface area (Å²) in [6.45, 7) is 10.4. The third-order valence-electron chi connectivity index (χ3n) is 6.65. The van der Waals surface area contributed by atoms with Gasteiger partial charge in [-0.15, -0.1) is 0 Å². The standard InChI is InChI=1S/C29H40N2O3/c1-8-21(29(32)31-23-11-9-10-12-23)17-25-19(4)28(34-7)26(20(5)27(25)33-6)22-13-15-24(16-14-22)30-18(2)3/h13-18,23,30H,8-12H2,1-7H3,(H,31,32). The van der Waals surface area contributed by atoms with E-state index in [2.05, 4.69) is 55.7 Å². The van der Waals surface area contributed by atoms with Crippen LogP contribution in [0.15, 0.2) is 29.8 Å². The maximum Gasteiger partial charge on any atom is 0.247 e. The minimum Gasteiger partial charge on any atom is -0.496 e. The number of nitrogens with one attached hydrogen (secondary N) is 2. The average Bonchev–Trinajstić information content (AvgIpc) is 3.32. The van der Waals surface area contributed by atoms with Crippen molar-refractivity contribution in [2.45, 2.75) is 78.8 Å². The first-order chi connectivity index (χ1) is 16.3. The molecule has 2 aromatic carbocycles. The largest absolute Gasteiger partial charge is 0.496 e. The summed E-state index contributed by atoms with van der Waals surface area (Å²) in [6, 6.07) is 9.05. The highest BCUT2D eigenvalue weighted by Gasteiger charge is 2.23. The van der Waals surface area contributed by atoms with Gasteiger partial charge in [-0.3, -0.25) is 4.79 Å². The van der Waals surface area contributed by atoms with E-state index in [1.54, 1.807) is 14.2 Å². The van der Waals surface area contributed by atoms with Crippen molar-refractivity contribution in [1.29, 1.82) is 0 Å². The van der Waals surface area contributed by atoms with E-state index in [4.69, 9.17) is 9.47 Å². The van der Waals surface area contributed by atoms with Crippen molar-refractivity contribution in [2.75, 3.05) is 19.5 Å². The maximum atomic E-state index is 13.0. The molecular weight excluding hydrogens is 424 g/mol. The number of hydrogen-bond acceptors (Lipinski definition) is 4. The zero-order valence-electron chi connectivity index (χ0n) is 21.8. The summed E-state index contributed by atoms with van der Waals surface area (Å²) in [5.74, 6) is 1.60. The van der Waals surface area contributed by atoms with Crippen LogP contribution in [0.5, 0.6) is 11.5 Å². The minimum absolute atomic E-state index is 0.0183. The van der Waals surface area contributed by atoms with E-state index in [1.165, 1.54) is 12.8 Å². The number of benzene rings is 2. The SMILES string of the molecule is CCC(=Cc1c(C)c(OC)c(-c2ccc(NC(C)C)cc2)c(C)c1OC)C(=O)NC1CCCC1. The summed E-state index contributed by atoms with van der Waals surface area (Å²) < 4.78 is 11.8. The minimum atomic E-state index is 0.0183. The number of hydrogen-bond donors (Lipinski definition) is 2. The van der Waals surface area contributed by atoms with Gasteiger partial charge in [-0.05, 0) is 70.7 Å². The first-order valence-corrected chi connectivity index (χ1v) is 12.4. The molecule has 1 fully saturated rings. The summed E-state index contributed by atoms with van der Waals surface area (Å²) >= 11 is 0. The molecule has 0 bridgehead atoms. The topological polar surface area (TPSA) is 59.6 Å². The first kappa shape index (κ1) is 25.7. The molecule has 5 heteroatoms. The molecule has 184 valence electrons. The molecule has 2 aromatic rings. The van der Waals surface area contributed by atoms with Gasteiger partial charge >= 0.3 is 0 Å². The second-order valence-corrected chi connectivity index (χ2v) is 9.46. The van der Waals surface area contributed by atoms with Crippen molar-refractivity contribution in [3.05, 3.63) is 46.5 Å². The van der Waals surface area contributed by atoms with Crippen molar-refractivity contribution in [3.63, 3.8) is 0 Å². The molecule has 1 amide bonds. The van der Waals surface area contributed by atoms with E-state index < -0.39 is 0 Å². The molecule has 0 aromatic heterocycles. The highest BCUT2D eigenvalue weighted by atomic mass is 16.5. The lowest BCUT2D eigenvalue weighted by Gasteiger charge is -2.22. The van der Waals surface area contributed by atoms with Crippen LogP contribution in [0.25, 0.3) is 17.2 Å². The van der Waals surface area contributed by atoms with Gasteiger partial charge in [-0.25, -0.2) is 0 Å². The predicted octanol–water partition coefficient (Wildman–Crippen LogP) is 6.66. The molecule has 1 aliphatic carbocycles. The van der Waals surface area contributed by atoms with Crippen LogP contribution < -0.4 is 20.1 Å². The van der Waals surface area contributed by atoms with Crippen molar-refractivity contribution in [3.8, 4) is 22.6 Å². The molecule has 1 saturated carbocycles. The van der Waals surface area contributed by atoms with E-state index in [0.29, 0.717) is 12.5 Å². The number of methoxy groups -OCH3 is 2. The lowest BCUT2D eigenvalue weighted by molar-refractivity contribution is -0.118. The van der Waals surface area contributed by atoms with E-state index in [1.807, 2.05) is 19.9 Å². The normalized spacial score (nSPS) is 14.4. The molecule has 3 rings (SSSR count). The number of carbonyl (C=O) groups is 1. The molecule has 0 heterocycles. The molecule has 0 spiro atoms. The van der Waals surface area contributed by atoms with Gasteiger partial charge in [0.15, 0.2) is 0 Å². The van der Waals surface area contributed by atoms with Gasteiger partial charge in [0.1, 0.15) is 11.5 Å². The Hall–Kier alpha value is -2.95. The van der Waals surface area contributed by atoms with Crippen LogP contribution in [0.3, 0.4) is 0 Å². The second-order valence-electron chi connectivity index (χ2n) is 9.46. The number of amides is 1. The van der Waals surface area contributed by atoms with Gasteiger partial charge < -0.3 is 20.1 Å². The fourth-order valence-electron chi connectivity index (χ4n) is 4.92. The quantitative estimate of drug-likeness (QED) is 0.407. The van der Waals surface area contributed by atoms with E-state index in [0.717, 1.165) is 63.4 Å². The summed E-state index contributed by atoms with van der Waals surface area (Å²) in [5, 5.41) is 6.65. The molecule has 0 saturated heterocycles. The molecule has 0 unspecified atom stereocenters. The molecular formula is C29H40N2O3. The van der Waals surface area contributed by atoms with Crippen LogP contribution in [0.2, 0.25) is 0 Å². The van der Waals surface area contributed by atoms with Gasteiger partial charge in [0.2, 0.25) is 5.91 Å². The van der Waals surface area contributed by atoms with Gasteiger partial charge in [0.05, 0.1) is 14.2 Å². The molecule has 1 aliphatic rings. The summed E-state index contributed by atoms with van der Waals surface area (Å²) in [5.41, 5.74) is 6.77. The van der Waals surface area contributed by atoms with Crippen LogP contribution in [0, 0.1) is 13.8 Å². The summed E-state index contributed by atoms with van der Waals surface area (Å²) in [7, 11) is 3.39. The summed E-state index contributed by atoms with van der Waals surface area (Å²) in [6.07, 6.45) is 7.14. The fraction of sp³-hybridized carbons (Fsp3) is 0.483. The Morgan fingerprint density at radius 1 is 1.03 bits per heavy atom. The van der Waals surface area contributed by atoms with Crippen LogP contribution in [0.1, 0.15) is 69.6 Å². The Morgan fingerprint density at radius 2 is 1.65 bits per heavy atom. The Bertz CT molecular complexity index is 1030. The summed E-state index contributed by atoms with van der Waals surface area (Å²) in [4.78, 5) is 13.0. The number of ether oxygens (including phenoxy) is 2. The monoisotopic (exact) mass is 464 g/mol. The smallest absolute Gasteiger partial charge is 0.247 e. The number of carbonyl (C=O) groups excluding carboxylic acids is 1. The zero-order valence-corrected chi connectivity index (χ0v) is 21.8. The second kappa shape index (κ2) is 11.5. The Kier molecular flexibility index (Phi) is 8.65. The Morgan fingerprint density at radius 3 is 2.18 bits per heavy atom.